The van der Waals surface area contributed by atoms with E-state index < -0.39 is 13.6 Å². The predicted molar refractivity (Wildman–Crippen MR) is 228 cm³/mol. The molecular formula is C47H69GeOP. The first kappa shape index (κ1) is 40.8. The molecule has 3 heteroatoms. The summed E-state index contributed by atoms with van der Waals surface area (Å²) in [4.78, 5) is 0. The van der Waals surface area contributed by atoms with Crippen molar-refractivity contribution in [1.82, 2.24) is 0 Å². The Labute approximate surface area is 312 Å². The van der Waals surface area contributed by atoms with Gasteiger partial charge in [0.25, 0.3) is 0 Å². The van der Waals surface area contributed by atoms with Gasteiger partial charge in [0, 0.05) is 0 Å². The molecule has 0 bridgehead atoms. The van der Waals surface area contributed by atoms with Gasteiger partial charge in [-0.25, -0.2) is 0 Å². The summed E-state index contributed by atoms with van der Waals surface area (Å²) in [6.07, 6.45) is 4.64. The number of benzene rings is 3. The molecule has 0 spiro atoms. The van der Waals surface area contributed by atoms with Crippen molar-refractivity contribution in [2.45, 2.75) is 169 Å². The summed E-state index contributed by atoms with van der Waals surface area (Å²) >= 11 is -3.54. The summed E-state index contributed by atoms with van der Waals surface area (Å²) in [6.45, 7) is 43.3. The van der Waals surface area contributed by atoms with Gasteiger partial charge in [0.05, 0.1) is 0 Å². The molecule has 3 aromatic carbocycles. The second-order valence-corrected chi connectivity index (χ2v) is 30.7. The minimum absolute atomic E-state index is 0.00732. The van der Waals surface area contributed by atoms with Crippen LogP contribution in [0.25, 0.3) is 6.08 Å². The normalized spacial score (nSPS) is 20.1. The summed E-state index contributed by atoms with van der Waals surface area (Å²) in [7, 11) is 1.34. The number of hydrogen-bond acceptors (Lipinski definition) is 1. The van der Waals surface area contributed by atoms with Crippen LogP contribution in [0.5, 0.6) is 0 Å². The monoisotopic (exact) mass is 754 g/mol. The van der Waals surface area contributed by atoms with Gasteiger partial charge in [-0.1, -0.05) is 0 Å². The van der Waals surface area contributed by atoms with Crippen molar-refractivity contribution < 1.29 is 3.76 Å². The predicted octanol–water partition coefficient (Wildman–Crippen LogP) is 13.0. The van der Waals surface area contributed by atoms with Crippen LogP contribution in [0.4, 0.5) is 0 Å². The Morgan fingerprint density at radius 3 is 1.50 bits per heavy atom. The van der Waals surface area contributed by atoms with Crippen LogP contribution in [0.15, 0.2) is 60.7 Å². The molecule has 0 N–H and O–H groups in total. The molecule has 1 aliphatic rings. The molecule has 1 nitrogen and oxygen atoms in total. The van der Waals surface area contributed by atoms with Crippen LogP contribution in [0.2, 0.25) is 4.25 Å². The van der Waals surface area contributed by atoms with Crippen molar-refractivity contribution >= 4 is 41.7 Å². The van der Waals surface area contributed by atoms with Gasteiger partial charge in [0.2, 0.25) is 0 Å². The molecule has 0 saturated carbocycles. The molecule has 1 fully saturated rings. The third kappa shape index (κ3) is 8.16. The molecule has 0 amide bonds. The van der Waals surface area contributed by atoms with Crippen LogP contribution in [0.1, 0.15) is 181 Å². The molecule has 0 aromatic heterocycles. The van der Waals surface area contributed by atoms with Crippen molar-refractivity contribution in [2.24, 2.45) is 0 Å². The molecule has 1 aliphatic heterocycles. The van der Waals surface area contributed by atoms with E-state index in [0.29, 0.717) is 17.8 Å². The van der Waals surface area contributed by atoms with E-state index in [1.165, 1.54) is 52.5 Å². The van der Waals surface area contributed by atoms with E-state index >= 15 is 0 Å². The van der Waals surface area contributed by atoms with Crippen molar-refractivity contribution in [3.63, 3.8) is 0 Å². The van der Waals surface area contributed by atoms with Gasteiger partial charge in [-0.2, -0.15) is 0 Å². The first-order valence-electron chi connectivity index (χ1n) is 19.2. The maximum absolute atomic E-state index is 7.75. The fourth-order valence-electron chi connectivity index (χ4n) is 7.42. The van der Waals surface area contributed by atoms with Gasteiger partial charge >= 0.3 is 314 Å². The molecule has 1 saturated heterocycles. The van der Waals surface area contributed by atoms with Gasteiger partial charge in [-0.3, -0.25) is 0 Å². The summed E-state index contributed by atoms with van der Waals surface area (Å²) < 4.78 is 11.0. The quantitative estimate of drug-likeness (QED) is 0.172. The van der Waals surface area contributed by atoms with Crippen molar-refractivity contribution in [3.8, 4) is 0 Å². The van der Waals surface area contributed by atoms with Crippen LogP contribution >= 0.6 is 8.20 Å². The van der Waals surface area contributed by atoms with Crippen LogP contribution in [-0.4, -0.2) is 23.8 Å². The Hall–Kier alpha value is -1.93. The van der Waals surface area contributed by atoms with Gasteiger partial charge in [0.1, 0.15) is 0 Å². The molecular weight excluding hydrogens is 684 g/mol. The van der Waals surface area contributed by atoms with Crippen molar-refractivity contribution in [1.29, 1.82) is 0 Å². The van der Waals surface area contributed by atoms with E-state index in [9.17, 15) is 0 Å². The Bertz CT molecular complexity index is 1660. The van der Waals surface area contributed by atoms with E-state index in [4.69, 9.17) is 3.76 Å². The van der Waals surface area contributed by atoms with Crippen LogP contribution in [0, 0.1) is 0 Å². The van der Waals surface area contributed by atoms with E-state index in [0.717, 1.165) is 0 Å². The van der Waals surface area contributed by atoms with Gasteiger partial charge in [0.15, 0.2) is 0 Å². The Morgan fingerprint density at radius 1 is 0.640 bits per heavy atom. The fourth-order valence-corrected chi connectivity index (χ4v) is 23.8. The van der Waals surface area contributed by atoms with Crippen LogP contribution in [0.3, 0.4) is 0 Å². The van der Waals surface area contributed by atoms with Crippen LogP contribution < -0.4 is 9.70 Å². The third-order valence-electron chi connectivity index (χ3n) is 10.6. The number of hydrogen-bond donors (Lipinski definition) is 0. The second-order valence-electron chi connectivity index (χ2n) is 19.9. The minimum atomic E-state index is -3.54. The van der Waals surface area contributed by atoms with Gasteiger partial charge in [-0.15, -0.1) is 0 Å². The zero-order valence-corrected chi connectivity index (χ0v) is 38.0. The molecule has 2 unspecified atom stereocenters. The average molecular weight is 754 g/mol. The Balaban J connectivity index is 2.23. The summed E-state index contributed by atoms with van der Waals surface area (Å²) in [6, 6.07) is 21.0. The summed E-state index contributed by atoms with van der Waals surface area (Å²) in [5.41, 5.74) is 10.1. The maximum atomic E-state index is 7.75. The van der Waals surface area contributed by atoms with Crippen LogP contribution in [-0.2, 0) is 20.0 Å². The average Bonchev–Trinajstić information content (AvgIpc) is 2.97. The van der Waals surface area contributed by atoms with Crippen molar-refractivity contribution in [3.05, 3.63) is 99.6 Å². The topological polar surface area (TPSA) is 9.23 Å². The van der Waals surface area contributed by atoms with E-state index in [1.807, 2.05) is 0 Å². The molecule has 50 heavy (non-hydrogen) atoms. The molecule has 272 valence electrons. The fraction of sp³-hybridized carbons (Fsp3) is 0.553. The van der Waals surface area contributed by atoms with E-state index in [-0.39, 0.29) is 26.6 Å². The zero-order valence-electron chi connectivity index (χ0n) is 35.0. The SMILES string of the molecule is CC(C)c1cc(C(C)C)[c]([Ge]2([C](C)(C)C)[O]C(/C=C/c3ccccc3)[C]2=Pc2c(C(C)(C)C)cc(C(C)(C)C)cc2C(C)(C)C)c(C(C)C)c1. The Morgan fingerprint density at radius 2 is 1.12 bits per heavy atom. The molecule has 3 aromatic rings. The van der Waals surface area contributed by atoms with Gasteiger partial charge < -0.3 is 0 Å². The molecule has 2 atom stereocenters. The first-order chi connectivity index (χ1) is 22.8. The van der Waals surface area contributed by atoms with Gasteiger partial charge in [-0.05, 0) is 0 Å². The first-order valence-corrected chi connectivity index (χ1v) is 24.1. The second kappa shape index (κ2) is 14.5. The molecule has 4 rings (SSSR count). The Kier molecular flexibility index (Phi) is 11.8. The third-order valence-corrected chi connectivity index (χ3v) is 24.6. The molecule has 0 radical (unpaired) electrons. The summed E-state index contributed by atoms with van der Waals surface area (Å²) in [5.74, 6) is 1.30. The van der Waals surface area contributed by atoms with E-state index in [2.05, 4.69) is 191 Å². The zero-order chi connectivity index (χ0) is 37.8. The standard InChI is InChI=1S/C47H69GeOP/c1-30(2)34-26-36(31(3)4)41(37(27-34)32(5)6)48(47(16,17)18)43(40(49-48)25-24-33-22-20-19-21-23-33)50-42-38(45(10,11)12)28-35(44(7,8)9)29-39(42)46(13,14)15/h19-32,40H,1-18H3/b25-24+. The van der Waals surface area contributed by atoms with E-state index in [1.54, 1.807) is 8.52 Å². The molecule has 0 aliphatic carbocycles. The number of rotatable bonds is 7. The molecule has 1 heterocycles. The van der Waals surface area contributed by atoms with Crippen molar-refractivity contribution in [2.75, 3.05) is 0 Å². The summed E-state index contributed by atoms with van der Waals surface area (Å²) in [5, 5.41) is 1.50.